The molecule has 1 saturated heterocycles. The maximum absolute atomic E-state index is 12.3. The molecule has 3 heteroatoms. The van der Waals surface area contributed by atoms with Crippen molar-refractivity contribution in [1.82, 2.24) is 9.80 Å². The average Bonchev–Trinajstić information content (AvgIpc) is 2.52. The second kappa shape index (κ2) is 5.96. The lowest BCUT2D eigenvalue weighted by Gasteiger charge is -2.45. The number of amides is 1. The molecule has 0 saturated carbocycles. The fourth-order valence-corrected chi connectivity index (χ4v) is 3.45. The van der Waals surface area contributed by atoms with Gasteiger partial charge in [0.05, 0.1) is 6.04 Å². The van der Waals surface area contributed by atoms with E-state index >= 15 is 0 Å². The van der Waals surface area contributed by atoms with Crippen molar-refractivity contribution in [2.75, 3.05) is 26.2 Å². The standard InChI is InChI=1S/C17H24N2O/c1-2-3-8-17(20)19-12-11-18-10-9-14-6-4-5-7-15(14)16(18)13-19/h4-7,16H,2-3,8-13H2,1H3. The minimum atomic E-state index is 0.342. The van der Waals surface area contributed by atoms with Crippen LogP contribution in [0.1, 0.15) is 43.4 Å². The highest BCUT2D eigenvalue weighted by Crippen LogP contribution is 2.32. The van der Waals surface area contributed by atoms with Crippen LogP contribution in [0.4, 0.5) is 0 Å². The zero-order valence-electron chi connectivity index (χ0n) is 12.3. The quantitative estimate of drug-likeness (QED) is 0.844. The number of rotatable bonds is 3. The van der Waals surface area contributed by atoms with Crippen molar-refractivity contribution in [3.8, 4) is 0 Å². The second-order valence-electron chi connectivity index (χ2n) is 5.94. The molecule has 0 aromatic heterocycles. The fraction of sp³-hybridized carbons (Fsp3) is 0.588. The Morgan fingerprint density at radius 2 is 2.10 bits per heavy atom. The third-order valence-electron chi connectivity index (χ3n) is 4.67. The third kappa shape index (κ3) is 2.59. The van der Waals surface area contributed by atoms with Crippen LogP contribution >= 0.6 is 0 Å². The van der Waals surface area contributed by atoms with Crippen molar-refractivity contribution in [2.24, 2.45) is 0 Å². The minimum Gasteiger partial charge on any atom is -0.339 e. The number of nitrogens with zero attached hydrogens (tertiary/aromatic N) is 2. The van der Waals surface area contributed by atoms with Crippen LogP contribution in [0, 0.1) is 0 Å². The molecule has 1 aromatic carbocycles. The highest BCUT2D eigenvalue weighted by atomic mass is 16.2. The largest absolute Gasteiger partial charge is 0.339 e. The summed E-state index contributed by atoms with van der Waals surface area (Å²) in [7, 11) is 0. The molecule has 1 aromatic rings. The summed E-state index contributed by atoms with van der Waals surface area (Å²) in [5.74, 6) is 0.342. The van der Waals surface area contributed by atoms with Gasteiger partial charge in [0.1, 0.15) is 0 Å². The summed E-state index contributed by atoms with van der Waals surface area (Å²) >= 11 is 0. The van der Waals surface area contributed by atoms with Crippen LogP contribution in [0.5, 0.6) is 0 Å². The summed E-state index contributed by atoms with van der Waals surface area (Å²) in [5.41, 5.74) is 2.91. The first-order valence-electron chi connectivity index (χ1n) is 7.89. The number of carbonyl (C=O) groups excluding carboxylic acids is 1. The molecule has 1 unspecified atom stereocenters. The van der Waals surface area contributed by atoms with Crippen molar-refractivity contribution in [1.29, 1.82) is 0 Å². The molecule has 3 rings (SSSR count). The Kier molecular flexibility index (Phi) is 4.06. The van der Waals surface area contributed by atoms with E-state index in [1.165, 1.54) is 11.1 Å². The zero-order chi connectivity index (χ0) is 13.9. The molecule has 20 heavy (non-hydrogen) atoms. The van der Waals surface area contributed by atoms with Crippen molar-refractivity contribution in [3.05, 3.63) is 35.4 Å². The van der Waals surface area contributed by atoms with Gasteiger partial charge in [0.15, 0.2) is 0 Å². The van der Waals surface area contributed by atoms with Crippen LogP contribution in [0.2, 0.25) is 0 Å². The predicted octanol–water partition coefficient (Wildman–Crippen LogP) is 2.62. The van der Waals surface area contributed by atoms with Gasteiger partial charge in [-0.2, -0.15) is 0 Å². The average molecular weight is 272 g/mol. The van der Waals surface area contributed by atoms with Crippen LogP contribution < -0.4 is 0 Å². The Balaban J connectivity index is 1.74. The Morgan fingerprint density at radius 1 is 1.25 bits per heavy atom. The van der Waals surface area contributed by atoms with E-state index < -0.39 is 0 Å². The van der Waals surface area contributed by atoms with Gasteiger partial charge in [0.25, 0.3) is 0 Å². The fourth-order valence-electron chi connectivity index (χ4n) is 3.45. The van der Waals surface area contributed by atoms with Gasteiger partial charge in [-0.15, -0.1) is 0 Å². The molecule has 2 aliphatic rings. The number of unbranched alkanes of at least 4 members (excludes halogenated alkanes) is 1. The SMILES string of the molecule is CCCCC(=O)N1CCN2CCc3ccccc3C2C1. The summed E-state index contributed by atoms with van der Waals surface area (Å²) < 4.78 is 0. The Bertz CT molecular complexity index is 486. The summed E-state index contributed by atoms with van der Waals surface area (Å²) in [6, 6.07) is 9.15. The first-order chi connectivity index (χ1) is 9.79. The van der Waals surface area contributed by atoms with Crippen LogP contribution in [-0.2, 0) is 11.2 Å². The van der Waals surface area contributed by atoms with Crippen LogP contribution in [0.25, 0.3) is 0 Å². The molecule has 0 aliphatic carbocycles. The van der Waals surface area contributed by atoms with Crippen LogP contribution in [-0.4, -0.2) is 41.9 Å². The number of fused-ring (bicyclic) bond motifs is 3. The van der Waals surface area contributed by atoms with Gasteiger partial charge in [-0.25, -0.2) is 0 Å². The van der Waals surface area contributed by atoms with Gasteiger partial charge in [0, 0.05) is 32.6 Å². The Labute approximate surface area is 121 Å². The van der Waals surface area contributed by atoms with E-state index in [-0.39, 0.29) is 0 Å². The maximum atomic E-state index is 12.3. The molecule has 1 atom stereocenters. The summed E-state index contributed by atoms with van der Waals surface area (Å²) in [5, 5.41) is 0. The first-order valence-corrected chi connectivity index (χ1v) is 7.89. The number of hydrogen-bond donors (Lipinski definition) is 0. The Hall–Kier alpha value is -1.35. The third-order valence-corrected chi connectivity index (χ3v) is 4.67. The topological polar surface area (TPSA) is 23.6 Å². The second-order valence-corrected chi connectivity index (χ2v) is 5.94. The lowest BCUT2D eigenvalue weighted by atomic mass is 9.91. The monoisotopic (exact) mass is 272 g/mol. The van der Waals surface area contributed by atoms with Gasteiger partial charge in [0.2, 0.25) is 5.91 Å². The lowest BCUT2D eigenvalue weighted by Crippen LogP contribution is -2.52. The summed E-state index contributed by atoms with van der Waals surface area (Å²) in [4.78, 5) is 16.9. The molecule has 0 radical (unpaired) electrons. The minimum absolute atomic E-state index is 0.342. The molecule has 0 N–H and O–H groups in total. The molecule has 2 aliphatic heterocycles. The van der Waals surface area contributed by atoms with Gasteiger partial charge in [-0.1, -0.05) is 37.6 Å². The van der Waals surface area contributed by atoms with Crippen molar-refractivity contribution in [2.45, 2.75) is 38.6 Å². The van der Waals surface area contributed by atoms with E-state index in [2.05, 4.69) is 41.0 Å². The van der Waals surface area contributed by atoms with Crippen molar-refractivity contribution < 1.29 is 4.79 Å². The van der Waals surface area contributed by atoms with Gasteiger partial charge in [-0.05, 0) is 24.0 Å². The molecule has 108 valence electrons. The molecular weight excluding hydrogens is 248 g/mol. The molecule has 3 nitrogen and oxygen atoms in total. The summed E-state index contributed by atoms with van der Waals surface area (Å²) in [6.07, 6.45) is 3.97. The predicted molar refractivity (Wildman–Crippen MR) is 80.6 cm³/mol. The lowest BCUT2D eigenvalue weighted by molar-refractivity contribution is -0.134. The molecule has 2 heterocycles. The van der Waals surface area contributed by atoms with Crippen molar-refractivity contribution >= 4 is 5.91 Å². The van der Waals surface area contributed by atoms with Crippen LogP contribution in [0.15, 0.2) is 24.3 Å². The number of carbonyl (C=O) groups is 1. The molecular formula is C17H24N2O. The van der Waals surface area contributed by atoms with E-state index in [0.29, 0.717) is 18.4 Å². The van der Waals surface area contributed by atoms with Crippen LogP contribution in [0.3, 0.4) is 0 Å². The first kappa shape index (κ1) is 13.6. The normalized spacial score (nSPS) is 22.2. The highest BCUT2D eigenvalue weighted by molar-refractivity contribution is 5.76. The van der Waals surface area contributed by atoms with Gasteiger partial charge in [-0.3, -0.25) is 9.69 Å². The summed E-state index contributed by atoms with van der Waals surface area (Å²) in [6.45, 7) is 6.08. The smallest absolute Gasteiger partial charge is 0.222 e. The molecule has 0 bridgehead atoms. The van der Waals surface area contributed by atoms with Gasteiger partial charge >= 0.3 is 0 Å². The molecule has 1 fully saturated rings. The van der Waals surface area contributed by atoms with E-state index in [4.69, 9.17) is 0 Å². The van der Waals surface area contributed by atoms with E-state index in [0.717, 1.165) is 45.4 Å². The van der Waals surface area contributed by atoms with Crippen molar-refractivity contribution in [3.63, 3.8) is 0 Å². The Morgan fingerprint density at radius 3 is 2.95 bits per heavy atom. The number of piperazine rings is 1. The molecule has 0 spiro atoms. The van der Waals surface area contributed by atoms with E-state index in [1.807, 2.05) is 0 Å². The number of benzene rings is 1. The maximum Gasteiger partial charge on any atom is 0.222 e. The zero-order valence-corrected chi connectivity index (χ0v) is 12.3. The molecule has 1 amide bonds. The van der Waals surface area contributed by atoms with E-state index in [9.17, 15) is 4.79 Å². The van der Waals surface area contributed by atoms with E-state index in [1.54, 1.807) is 0 Å². The van der Waals surface area contributed by atoms with Gasteiger partial charge < -0.3 is 4.90 Å². The number of hydrogen-bond acceptors (Lipinski definition) is 2. The highest BCUT2D eigenvalue weighted by Gasteiger charge is 2.33.